The highest BCUT2D eigenvalue weighted by molar-refractivity contribution is 5.95. The SMILES string of the molecule is COc1ccc(C[C@H]2CN(C(=O)c3cc(C)oc3C)CC[C@H]2OC)cc1. The fraction of sp³-hybridized carbons (Fsp3) is 0.476. The van der Waals surface area contributed by atoms with Crippen molar-refractivity contribution < 1.29 is 18.7 Å². The molecule has 2 aromatic rings. The topological polar surface area (TPSA) is 51.9 Å². The number of piperidine rings is 1. The number of methoxy groups -OCH3 is 2. The van der Waals surface area contributed by atoms with Crippen molar-refractivity contribution in [2.75, 3.05) is 27.3 Å². The van der Waals surface area contributed by atoms with Crippen LogP contribution < -0.4 is 4.74 Å². The summed E-state index contributed by atoms with van der Waals surface area (Å²) in [7, 11) is 3.42. The lowest BCUT2D eigenvalue weighted by atomic mass is 9.88. The van der Waals surface area contributed by atoms with Gasteiger partial charge in [-0.25, -0.2) is 0 Å². The lowest BCUT2D eigenvalue weighted by Gasteiger charge is -2.38. The average molecular weight is 357 g/mol. The Bertz CT molecular complexity index is 750. The van der Waals surface area contributed by atoms with Gasteiger partial charge in [0.2, 0.25) is 0 Å². The number of nitrogens with zero attached hydrogens (tertiary/aromatic N) is 1. The molecular weight excluding hydrogens is 330 g/mol. The molecule has 1 aliphatic heterocycles. The predicted octanol–water partition coefficient (Wildman–Crippen LogP) is 3.62. The van der Waals surface area contributed by atoms with Gasteiger partial charge in [-0.1, -0.05) is 12.1 Å². The Morgan fingerprint density at radius 3 is 2.54 bits per heavy atom. The van der Waals surface area contributed by atoms with E-state index in [0.29, 0.717) is 24.4 Å². The van der Waals surface area contributed by atoms with Crippen LogP contribution in [0.5, 0.6) is 5.75 Å². The summed E-state index contributed by atoms with van der Waals surface area (Å²) in [5.41, 5.74) is 1.89. The van der Waals surface area contributed by atoms with E-state index in [9.17, 15) is 4.79 Å². The fourth-order valence-electron chi connectivity index (χ4n) is 3.78. The minimum Gasteiger partial charge on any atom is -0.497 e. The lowest BCUT2D eigenvalue weighted by molar-refractivity contribution is -0.00304. The molecule has 5 nitrogen and oxygen atoms in total. The van der Waals surface area contributed by atoms with Gasteiger partial charge in [-0.3, -0.25) is 4.79 Å². The molecule has 0 spiro atoms. The van der Waals surface area contributed by atoms with Crippen molar-refractivity contribution in [1.29, 1.82) is 0 Å². The first-order valence-corrected chi connectivity index (χ1v) is 9.04. The van der Waals surface area contributed by atoms with Crippen LogP contribution in [0.4, 0.5) is 0 Å². The van der Waals surface area contributed by atoms with E-state index >= 15 is 0 Å². The molecule has 1 aromatic heterocycles. The number of carbonyl (C=O) groups excluding carboxylic acids is 1. The lowest BCUT2D eigenvalue weighted by Crippen LogP contribution is -2.47. The van der Waals surface area contributed by atoms with Gasteiger partial charge >= 0.3 is 0 Å². The van der Waals surface area contributed by atoms with Gasteiger partial charge in [-0.15, -0.1) is 0 Å². The van der Waals surface area contributed by atoms with Gasteiger partial charge in [0.25, 0.3) is 5.91 Å². The number of likely N-dealkylation sites (tertiary alicyclic amines) is 1. The van der Waals surface area contributed by atoms with E-state index in [2.05, 4.69) is 12.1 Å². The summed E-state index contributed by atoms with van der Waals surface area (Å²) in [5.74, 6) is 2.62. The van der Waals surface area contributed by atoms with Crippen LogP contribution >= 0.6 is 0 Å². The van der Waals surface area contributed by atoms with Crippen molar-refractivity contribution >= 4 is 5.91 Å². The Labute approximate surface area is 154 Å². The number of carbonyl (C=O) groups is 1. The minimum absolute atomic E-state index is 0.0497. The van der Waals surface area contributed by atoms with Crippen LogP contribution in [0.2, 0.25) is 0 Å². The minimum atomic E-state index is 0.0497. The van der Waals surface area contributed by atoms with E-state index in [-0.39, 0.29) is 17.9 Å². The fourth-order valence-corrected chi connectivity index (χ4v) is 3.78. The van der Waals surface area contributed by atoms with Crippen molar-refractivity contribution in [2.45, 2.75) is 32.8 Å². The summed E-state index contributed by atoms with van der Waals surface area (Å²) in [6.45, 7) is 5.11. The van der Waals surface area contributed by atoms with Gasteiger partial charge in [0.15, 0.2) is 0 Å². The highest BCUT2D eigenvalue weighted by Gasteiger charge is 2.33. The van der Waals surface area contributed by atoms with Crippen LogP contribution in [0.3, 0.4) is 0 Å². The normalized spacial score (nSPS) is 20.2. The smallest absolute Gasteiger partial charge is 0.257 e. The van der Waals surface area contributed by atoms with Crippen LogP contribution in [-0.4, -0.2) is 44.2 Å². The third-order valence-corrected chi connectivity index (χ3v) is 5.18. The third-order valence-electron chi connectivity index (χ3n) is 5.18. The monoisotopic (exact) mass is 357 g/mol. The number of amides is 1. The van der Waals surface area contributed by atoms with Crippen LogP contribution in [0.1, 0.15) is 33.9 Å². The summed E-state index contributed by atoms with van der Waals surface area (Å²) in [6, 6.07) is 9.94. The number of rotatable bonds is 5. The summed E-state index contributed by atoms with van der Waals surface area (Å²) >= 11 is 0. The van der Waals surface area contributed by atoms with Gasteiger partial charge in [0.05, 0.1) is 18.8 Å². The third kappa shape index (κ3) is 3.93. The molecule has 140 valence electrons. The van der Waals surface area contributed by atoms with Crippen molar-refractivity contribution in [3.63, 3.8) is 0 Å². The molecule has 0 radical (unpaired) electrons. The molecule has 0 unspecified atom stereocenters. The van der Waals surface area contributed by atoms with E-state index < -0.39 is 0 Å². The molecule has 0 N–H and O–H groups in total. The van der Waals surface area contributed by atoms with Crippen LogP contribution in [0.25, 0.3) is 0 Å². The number of ether oxygens (including phenoxy) is 2. The van der Waals surface area contributed by atoms with Crippen molar-refractivity contribution in [2.24, 2.45) is 5.92 Å². The molecule has 0 saturated carbocycles. The number of furan rings is 1. The van der Waals surface area contributed by atoms with Crippen molar-refractivity contribution in [3.8, 4) is 5.75 Å². The Hall–Kier alpha value is -2.27. The molecule has 1 aromatic carbocycles. The summed E-state index contributed by atoms with van der Waals surface area (Å²) in [4.78, 5) is 14.9. The second-order valence-electron chi connectivity index (χ2n) is 6.95. The average Bonchev–Trinajstić information content (AvgIpc) is 3.00. The first-order valence-electron chi connectivity index (χ1n) is 9.04. The summed E-state index contributed by atoms with van der Waals surface area (Å²) < 4.78 is 16.5. The van der Waals surface area contributed by atoms with E-state index in [1.807, 2.05) is 36.9 Å². The largest absolute Gasteiger partial charge is 0.497 e. The molecular formula is C21H27NO4. The number of hydrogen-bond donors (Lipinski definition) is 0. The Balaban J connectivity index is 1.73. The second kappa shape index (κ2) is 7.96. The molecule has 2 atom stereocenters. The summed E-state index contributed by atoms with van der Waals surface area (Å²) in [5, 5.41) is 0. The Morgan fingerprint density at radius 2 is 1.96 bits per heavy atom. The number of aryl methyl sites for hydroxylation is 2. The molecule has 2 heterocycles. The van der Waals surface area contributed by atoms with Crippen molar-refractivity contribution in [1.82, 2.24) is 4.90 Å². The Morgan fingerprint density at radius 1 is 1.23 bits per heavy atom. The zero-order chi connectivity index (χ0) is 18.7. The maximum absolute atomic E-state index is 12.9. The number of benzene rings is 1. The van der Waals surface area contributed by atoms with Gasteiger partial charge in [0.1, 0.15) is 17.3 Å². The van der Waals surface area contributed by atoms with E-state index in [4.69, 9.17) is 13.9 Å². The van der Waals surface area contributed by atoms with Gasteiger partial charge in [-0.2, -0.15) is 0 Å². The van der Waals surface area contributed by atoms with E-state index in [0.717, 1.165) is 24.4 Å². The quantitative estimate of drug-likeness (QED) is 0.820. The highest BCUT2D eigenvalue weighted by Crippen LogP contribution is 2.26. The van der Waals surface area contributed by atoms with Gasteiger partial charge < -0.3 is 18.8 Å². The van der Waals surface area contributed by atoms with E-state index in [1.54, 1.807) is 14.2 Å². The molecule has 1 fully saturated rings. The molecule has 1 aliphatic rings. The molecule has 0 bridgehead atoms. The number of hydrogen-bond acceptors (Lipinski definition) is 4. The molecule has 0 aliphatic carbocycles. The standard InChI is InChI=1S/C21H27NO4/c1-14-11-19(15(2)26-14)21(23)22-10-9-20(25-4)17(13-22)12-16-5-7-18(24-3)8-6-16/h5-8,11,17,20H,9-10,12-13H2,1-4H3/t17-,20+/m0/s1. The predicted molar refractivity (Wildman–Crippen MR) is 99.7 cm³/mol. The zero-order valence-electron chi connectivity index (χ0n) is 16.0. The second-order valence-corrected chi connectivity index (χ2v) is 6.95. The van der Waals surface area contributed by atoms with Crippen LogP contribution in [0.15, 0.2) is 34.7 Å². The van der Waals surface area contributed by atoms with Gasteiger partial charge in [0, 0.05) is 26.1 Å². The maximum Gasteiger partial charge on any atom is 0.257 e. The zero-order valence-corrected chi connectivity index (χ0v) is 16.0. The van der Waals surface area contributed by atoms with Crippen LogP contribution in [0, 0.1) is 19.8 Å². The molecule has 1 amide bonds. The molecule has 5 heteroatoms. The van der Waals surface area contributed by atoms with Gasteiger partial charge in [-0.05, 0) is 50.5 Å². The van der Waals surface area contributed by atoms with Crippen molar-refractivity contribution in [3.05, 3.63) is 53.0 Å². The summed E-state index contributed by atoms with van der Waals surface area (Å²) in [6.07, 6.45) is 1.88. The van der Waals surface area contributed by atoms with Crippen LogP contribution in [-0.2, 0) is 11.2 Å². The Kier molecular flexibility index (Phi) is 5.67. The maximum atomic E-state index is 12.9. The molecule has 1 saturated heterocycles. The van der Waals surface area contributed by atoms with E-state index in [1.165, 1.54) is 5.56 Å². The first-order chi connectivity index (χ1) is 12.5. The first kappa shape index (κ1) is 18.5. The highest BCUT2D eigenvalue weighted by atomic mass is 16.5. The molecule has 3 rings (SSSR count). The molecule has 26 heavy (non-hydrogen) atoms.